The zero-order chi connectivity index (χ0) is 25.6. The number of piperazine rings is 1. The van der Waals surface area contributed by atoms with Gasteiger partial charge in [-0.3, -0.25) is 9.69 Å². The monoisotopic (exact) mass is 505 g/mol. The topological polar surface area (TPSA) is 114 Å². The highest BCUT2D eigenvalue weighted by molar-refractivity contribution is 7.89. The largest absolute Gasteiger partial charge is 0.493 e. The molecule has 0 bridgehead atoms. The molecule has 35 heavy (non-hydrogen) atoms. The van der Waals surface area contributed by atoms with E-state index in [1.165, 1.54) is 37.8 Å². The van der Waals surface area contributed by atoms with Gasteiger partial charge in [-0.1, -0.05) is 12.1 Å². The fourth-order valence-electron chi connectivity index (χ4n) is 3.87. The lowest BCUT2D eigenvalue weighted by atomic mass is 10.1. The van der Waals surface area contributed by atoms with Crippen LogP contribution in [0.3, 0.4) is 0 Å². The second-order valence-electron chi connectivity index (χ2n) is 7.97. The van der Waals surface area contributed by atoms with E-state index < -0.39 is 21.9 Å². The summed E-state index contributed by atoms with van der Waals surface area (Å²) in [7, 11) is 0.983. The van der Waals surface area contributed by atoms with Crippen molar-refractivity contribution in [3.63, 3.8) is 0 Å². The van der Waals surface area contributed by atoms with Gasteiger partial charge >= 0.3 is 5.97 Å². The first-order chi connectivity index (χ1) is 16.7. The molecule has 2 aromatic rings. The van der Waals surface area contributed by atoms with Gasteiger partial charge in [0, 0.05) is 50.4 Å². The van der Waals surface area contributed by atoms with Crippen molar-refractivity contribution < 1.29 is 32.2 Å². The number of amides is 1. The van der Waals surface area contributed by atoms with Gasteiger partial charge in [0.05, 0.1) is 38.3 Å². The fourth-order valence-corrected chi connectivity index (χ4v) is 4.96. The van der Waals surface area contributed by atoms with Crippen molar-refractivity contribution in [3.8, 4) is 11.5 Å². The summed E-state index contributed by atoms with van der Waals surface area (Å²) in [6, 6.07) is 10.1. The molecule has 0 aliphatic carbocycles. The molecule has 11 heteroatoms. The Morgan fingerprint density at radius 3 is 2.23 bits per heavy atom. The van der Waals surface area contributed by atoms with Crippen LogP contribution < -0.4 is 14.8 Å². The molecule has 1 saturated heterocycles. The quantitative estimate of drug-likeness (QED) is 0.516. The molecule has 1 aliphatic rings. The average molecular weight is 506 g/mol. The molecular weight excluding hydrogens is 474 g/mol. The maximum atomic E-state index is 13.0. The number of methoxy groups -OCH3 is 3. The second kappa shape index (κ2) is 11.5. The predicted molar refractivity (Wildman–Crippen MR) is 132 cm³/mol. The molecule has 0 saturated carbocycles. The number of carbonyl (C=O) groups excluding carboxylic acids is 2. The van der Waals surface area contributed by atoms with E-state index in [9.17, 15) is 18.0 Å². The third-order valence-electron chi connectivity index (χ3n) is 5.86. The van der Waals surface area contributed by atoms with Crippen LogP contribution in [0.15, 0.2) is 36.4 Å². The Balaban J connectivity index is 1.74. The highest BCUT2D eigenvalue weighted by Gasteiger charge is 2.25. The number of carbonyl (C=O) groups is 2. The second-order valence-corrected chi connectivity index (χ2v) is 10.2. The van der Waals surface area contributed by atoms with Crippen molar-refractivity contribution in [2.24, 2.45) is 0 Å². The van der Waals surface area contributed by atoms with E-state index in [1.54, 1.807) is 25.1 Å². The van der Waals surface area contributed by atoms with Gasteiger partial charge in [0.25, 0.3) is 5.91 Å². The minimum atomic E-state index is -3.18. The first-order valence-electron chi connectivity index (χ1n) is 11.2. The Bertz CT molecular complexity index is 1180. The lowest BCUT2D eigenvalue weighted by Crippen LogP contribution is -2.48. The zero-order valence-electron chi connectivity index (χ0n) is 20.4. The molecule has 0 unspecified atom stereocenters. The third-order valence-corrected chi connectivity index (χ3v) is 7.74. The summed E-state index contributed by atoms with van der Waals surface area (Å²) in [6.45, 7) is 4.37. The summed E-state index contributed by atoms with van der Waals surface area (Å²) in [5.74, 6) is -0.238. The molecule has 0 radical (unpaired) electrons. The van der Waals surface area contributed by atoms with Gasteiger partial charge in [0.1, 0.15) is 0 Å². The number of hydrogen-bond acceptors (Lipinski definition) is 8. The molecule has 0 spiro atoms. The molecule has 1 aliphatic heterocycles. The number of benzene rings is 2. The van der Waals surface area contributed by atoms with Crippen molar-refractivity contribution >= 4 is 27.6 Å². The predicted octanol–water partition coefficient (Wildman–Crippen LogP) is 2.21. The molecular formula is C24H31N3O7S. The molecule has 1 heterocycles. The molecule has 2 aromatic carbocycles. The number of ether oxygens (including phenoxy) is 3. The van der Waals surface area contributed by atoms with E-state index >= 15 is 0 Å². The van der Waals surface area contributed by atoms with Gasteiger partial charge in [0.2, 0.25) is 10.0 Å². The van der Waals surface area contributed by atoms with Crippen molar-refractivity contribution in [1.82, 2.24) is 9.21 Å². The van der Waals surface area contributed by atoms with Gasteiger partial charge in [0.15, 0.2) is 11.5 Å². The van der Waals surface area contributed by atoms with Gasteiger partial charge in [-0.05, 0) is 24.6 Å². The summed E-state index contributed by atoms with van der Waals surface area (Å²) in [6.07, 6.45) is 0. The molecule has 1 fully saturated rings. The average Bonchev–Trinajstić information content (AvgIpc) is 2.88. The Morgan fingerprint density at radius 1 is 0.971 bits per heavy atom. The Labute approximate surface area is 205 Å². The molecule has 0 atom stereocenters. The third kappa shape index (κ3) is 6.30. The van der Waals surface area contributed by atoms with Gasteiger partial charge < -0.3 is 19.5 Å². The van der Waals surface area contributed by atoms with Crippen molar-refractivity contribution in [3.05, 3.63) is 53.1 Å². The van der Waals surface area contributed by atoms with E-state index in [2.05, 4.69) is 10.2 Å². The number of esters is 1. The molecule has 1 N–H and O–H groups in total. The zero-order valence-corrected chi connectivity index (χ0v) is 21.2. The highest BCUT2D eigenvalue weighted by Crippen LogP contribution is 2.34. The first-order valence-corrected chi connectivity index (χ1v) is 12.8. The minimum absolute atomic E-state index is 0.0991. The molecule has 3 rings (SSSR count). The van der Waals surface area contributed by atoms with Crippen LogP contribution in [0.4, 0.5) is 5.69 Å². The molecule has 190 valence electrons. The SMILES string of the molecule is CCS(=O)(=O)N1CCN(Cc2cccc(C(=O)Nc3cc(OC)c(OC)cc3C(=O)OC)c2)CC1. The fraction of sp³-hybridized carbons (Fsp3) is 0.417. The van der Waals surface area contributed by atoms with Crippen molar-refractivity contribution in [2.75, 3.05) is 58.6 Å². The summed E-state index contributed by atoms with van der Waals surface area (Å²) in [5, 5.41) is 2.77. The molecule has 1 amide bonds. The Morgan fingerprint density at radius 2 is 1.63 bits per heavy atom. The standard InChI is InChI=1S/C24H31N3O7S/c1-5-35(30,31)27-11-9-26(10-12-27)16-17-7-6-8-18(13-17)23(28)25-20-15-22(33-3)21(32-2)14-19(20)24(29)34-4/h6-8,13-15H,5,9-12,16H2,1-4H3,(H,25,28). The number of sulfonamides is 1. The lowest BCUT2D eigenvalue weighted by molar-refractivity contribution is 0.0601. The van der Waals surface area contributed by atoms with Crippen LogP contribution in [-0.4, -0.2) is 82.8 Å². The van der Waals surface area contributed by atoms with E-state index in [0.717, 1.165) is 5.56 Å². The summed E-state index contributed by atoms with van der Waals surface area (Å²) >= 11 is 0. The number of hydrogen-bond donors (Lipinski definition) is 1. The van der Waals surface area contributed by atoms with Crippen LogP contribution in [-0.2, 0) is 21.3 Å². The van der Waals surface area contributed by atoms with E-state index in [-0.39, 0.29) is 17.0 Å². The summed E-state index contributed by atoms with van der Waals surface area (Å²) < 4.78 is 41.1. The van der Waals surface area contributed by atoms with Crippen LogP contribution in [0.1, 0.15) is 33.2 Å². The van der Waals surface area contributed by atoms with Crippen LogP contribution in [0.25, 0.3) is 0 Å². The maximum Gasteiger partial charge on any atom is 0.340 e. The van der Waals surface area contributed by atoms with Gasteiger partial charge in [-0.2, -0.15) is 4.31 Å². The summed E-state index contributed by atoms with van der Waals surface area (Å²) in [4.78, 5) is 27.5. The smallest absolute Gasteiger partial charge is 0.340 e. The summed E-state index contributed by atoms with van der Waals surface area (Å²) in [5.41, 5.74) is 1.71. The van der Waals surface area contributed by atoms with Crippen molar-refractivity contribution in [2.45, 2.75) is 13.5 Å². The number of rotatable bonds is 9. The molecule has 10 nitrogen and oxygen atoms in total. The van der Waals surface area contributed by atoms with E-state index in [0.29, 0.717) is 49.8 Å². The number of nitrogens with one attached hydrogen (secondary N) is 1. The van der Waals surface area contributed by atoms with Crippen LogP contribution in [0.2, 0.25) is 0 Å². The lowest BCUT2D eigenvalue weighted by Gasteiger charge is -2.33. The van der Waals surface area contributed by atoms with E-state index in [1.807, 2.05) is 6.07 Å². The van der Waals surface area contributed by atoms with Crippen molar-refractivity contribution in [1.29, 1.82) is 0 Å². The molecule has 0 aromatic heterocycles. The first kappa shape index (κ1) is 26.5. The normalized spacial score (nSPS) is 14.9. The number of anilines is 1. The Hall–Kier alpha value is -3.15. The maximum absolute atomic E-state index is 13.0. The minimum Gasteiger partial charge on any atom is -0.493 e. The van der Waals surface area contributed by atoms with Gasteiger partial charge in [-0.25, -0.2) is 13.2 Å². The number of nitrogens with zero attached hydrogens (tertiary/aromatic N) is 2. The Kier molecular flexibility index (Phi) is 8.71. The highest BCUT2D eigenvalue weighted by atomic mass is 32.2. The van der Waals surface area contributed by atoms with Crippen LogP contribution in [0.5, 0.6) is 11.5 Å². The van der Waals surface area contributed by atoms with E-state index in [4.69, 9.17) is 14.2 Å². The van der Waals surface area contributed by atoms with Gasteiger partial charge in [-0.15, -0.1) is 0 Å². The van der Waals surface area contributed by atoms with Crippen LogP contribution >= 0.6 is 0 Å². The van der Waals surface area contributed by atoms with Crippen LogP contribution in [0, 0.1) is 0 Å².